The Kier molecular flexibility index (Phi) is 1.29. The fourth-order valence-electron chi connectivity index (χ4n) is 2.36. The lowest BCUT2D eigenvalue weighted by Gasteiger charge is -2.35. The maximum Gasteiger partial charge on any atom is 0.0469 e. The van der Waals surface area contributed by atoms with Crippen LogP contribution in [0.1, 0.15) is 39.0 Å². The first kappa shape index (κ1) is 6.62. The van der Waals surface area contributed by atoms with E-state index >= 15 is 0 Å². The minimum absolute atomic E-state index is 0.0307. The normalized spacial score (nSPS) is 48.0. The van der Waals surface area contributed by atoms with Crippen LogP contribution in [-0.4, -0.2) is 16.6 Å². The molecule has 2 rings (SSSR count). The van der Waals surface area contributed by atoms with Crippen molar-refractivity contribution in [3.63, 3.8) is 0 Å². The highest BCUT2D eigenvalue weighted by Gasteiger charge is 2.45. The summed E-state index contributed by atoms with van der Waals surface area (Å²) in [5.41, 5.74) is 0.0307. The van der Waals surface area contributed by atoms with Gasteiger partial charge in [0.15, 0.2) is 0 Å². The molecule has 2 aliphatic heterocycles. The lowest BCUT2D eigenvalue weighted by molar-refractivity contribution is -0.238. The molecule has 2 heterocycles. The molecule has 0 aromatic rings. The highest BCUT2D eigenvalue weighted by molar-refractivity contribution is 4.96. The van der Waals surface area contributed by atoms with Gasteiger partial charge in [0, 0.05) is 11.6 Å². The van der Waals surface area contributed by atoms with Gasteiger partial charge in [-0.15, -0.1) is 10.3 Å². The molecule has 2 heteroatoms. The lowest BCUT2D eigenvalue weighted by Crippen LogP contribution is -2.44. The molecule has 1 radical (unpaired) electrons. The van der Waals surface area contributed by atoms with E-state index in [1.807, 2.05) is 0 Å². The molecule has 2 fully saturated rings. The van der Waals surface area contributed by atoms with E-state index in [2.05, 4.69) is 6.92 Å². The third kappa shape index (κ3) is 0.722. The Morgan fingerprint density at radius 2 is 2.20 bits per heavy atom. The first-order valence-electron chi connectivity index (χ1n) is 4.19. The molecular formula is C8H14NO. The monoisotopic (exact) mass is 140 g/mol. The molecule has 0 aromatic heterocycles. The van der Waals surface area contributed by atoms with E-state index in [1.54, 1.807) is 0 Å². The summed E-state index contributed by atoms with van der Waals surface area (Å²) in [5, 5.41) is 12.8. The Hall–Kier alpha value is -0.0800. The van der Waals surface area contributed by atoms with Crippen LogP contribution in [0.3, 0.4) is 0 Å². The van der Waals surface area contributed by atoms with Crippen LogP contribution in [0.25, 0.3) is 0 Å². The quantitative estimate of drug-likeness (QED) is 0.502. The van der Waals surface area contributed by atoms with Crippen molar-refractivity contribution in [1.82, 2.24) is 5.06 Å². The van der Waals surface area contributed by atoms with Crippen LogP contribution in [0, 0.1) is 0 Å². The first-order chi connectivity index (χ1) is 4.72. The maximum absolute atomic E-state index is 11.4. The molecule has 0 N–H and O–H groups in total. The Morgan fingerprint density at radius 3 is 2.80 bits per heavy atom. The van der Waals surface area contributed by atoms with E-state index in [4.69, 9.17) is 0 Å². The zero-order valence-corrected chi connectivity index (χ0v) is 6.47. The van der Waals surface area contributed by atoms with Crippen LogP contribution in [0.5, 0.6) is 0 Å². The van der Waals surface area contributed by atoms with Crippen molar-refractivity contribution >= 4 is 0 Å². The number of fused-ring (bicyclic) bond motifs is 2. The van der Waals surface area contributed by atoms with Crippen molar-refractivity contribution in [3.05, 3.63) is 0 Å². The van der Waals surface area contributed by atoms with Gasteiger partial charge < -0.3 is 0 Å². The standard InChI is InChI=1S/C8H14NO/c1-8-5-2-3-7(4-6-8)9(8)10/h7H,2-6H2,1H3. The Balaban J connectivity index is 2.21. The zero-order chi connectivity index (χ0) is 7.19. The van der Waals surface area contributed by atoms with Crippen molar-refractivity contribution in [2.24, 2.45) is 0 Å². The SMILES string of the molecule is CC12CCCC(CC1)N2[O]. The Morgan fingerprint density at radius 1 is 1.40 bits per heavy atom. The minimum Gasteiger partial charge on any atom is -0.146 e. The van der Waals surface area contributed by atoms with Gasteiger partial charge in [-0.05, 0) is 39.0 Å². The smallest absolute Gasteiger partial charge is 0.0469 e. The van der Waals surface area contributed by atoms with Crippen LogP contribution in [0.15, 0.2) is 0 Å². The molecule has 2 nitrogen and oxygen atoms in total. The molecule has 10 heavy (non-hydrogen) atoms. The zero-order valence-electron chi connectivity index (χ0n) is 6.47. The van der Waals surface area contributed by atoms with Crippen molar-refractivity contribution < 1.29 is 5.21 Å². The van der Waals surface area contributed by atoms with Gasteiger partial charge >= 0.3 is 0 Å². The average molecular weight is 140 g/mol. The molecule has 0 saturated carbocycles. The summed E-state index contributed by atoms with van der Waals surface area (Å²) in [7, 11) is 0. The Labute approximate surface area is 61.8 Å². The molecule has 2 atom stereocenters. The van der Waals surface area contributed by atoms with Gasteiger partial charge in [0.05, 0.1) is 0 Å². The summed E-state index contributed by atoms with van der Waals surface area (Å²) in [6.45, 7) is 2.11. The van der Waals surface area contributed by atoms with E-state index in [9.17, 15) is 5.21 Å². The third-order valence-corrected chi connectivity index (χ3v) is 3.13. The van der Waals surface area contributed by atoms with Crippen LogP contribution in [0.2, 0.25) is 0 Å². The second-order valence-corrected chi connectivity index (χ2v) is 3.91. The fraction of sp³-hybridized carbons (Fsp3) is 1.00. The number of hydrogen-bond acceptors (Lipinski definition) is 1. The van der Waals surface area contributed by atoms with Gasteiger partial charge in [-0.1, -0.05) is 0 Å². The molecule has 2 bridgehead atoms. The van der Waals surface area contributed by atoms with Crippen LogP contribution in [0.4, 0.5) is 0 Å². The summed E-state index contributed by atoms with van der Waals surface area (Å²) >= 11 is 0. The molecule has 0 aliphatic carbocycles. The largest absolute Gasteiger partial charge is 0.146 e. The van der Waals surface area contributed by atoms with Gasteiger partial charge in [0.2, 0.25) is 0 Å². The highest BCUT2D eigenvalue weighted by Crippen LogP contribution is 2.42. The van der Waals surface area contributed by atoms with Crippen LogP contribution in [-0.2, 0) is 5.21 Å². The van der Waals surface area contributed by atoms with E-state index in [-0.39, 0.29) is 5.54 Å². The molecule has 0 amide bonds. The van der Waals surface area contributed by atoms with Crippen molar-refractivity contribution in [2.75, 3.05) is 0 Å². The molecule has 2 saturated heterocycles. The van der Waals surface area contributed by atoms with Crippen molar-refractivity contribution in [2.45, 2.75) is 50.6 Å². The molecule has 2 unspecified atom stereocenters. The maximum atomic E-state index is 11.4. The van der Waals surface area contributed by atoms with Gasteiger partial charge in [0.1, 0.15) is 0 Å². The average Bonchev–Trinajstić information content (AvgIpc) is 2.18. The topological polar surface area (TPSA) is 23.1 Å². The van der Waals surface area contributed by atoms with Gasteiger partial charge in [-0.2, -0.15) is 0 Å². The van der Waals surface area contributed by atoms with Gasteiger partial charge in [-0.25, -0.2) is 0 Å². The molecule has 2 aliphatic rings. The summed E-state index contributed by atoms with van der Waals surface area (Å²) in [6.07, 6.45) is 5.78. The second-order valence-electron chi connectivity index (χ2n) is 3.91. The minimum atomic E-state index is 0.0307. The second kappa shape index (κ2) is 1.95. The number of rotatable bonds is 0. The van der Waals surface area contributed by atoms with Crippen LogP contribution < -0.4 is 0 Å². The predicted octanol–water partition coefficient (Wildman–Crippen LogP) is 1.74. The first-order valence-corrected chi connectivity index (χ1v) is 4.19. The molecule has 0 spiro atoms. The van der Waals surface area contributed by atoms with E-state index in [1.165, 1.54) is 11.5 Å². The number of nitrogens with zero attached hydrogens (tertiary/aromatic N) is 1. The third-order valence-electron chi connectivity index (χ3n) is 3.13. The number of piperidine rings is 1. The number of hydroxylamine groups is 2. The molecule has 0 aromatic carbocycles. The van der Waals surface area contributed by atoms with Gasteiger partial charge in [0.25, 0.3) is 0 Å². The molecule has 57 valence electrons. The van der Waals surface area contributed by atoms with Crippen molar-refractivity contribution in [1.29, 1.82) is 0 Å². The van der Waals surface area contributed by atoms with E-state index in [0.29, 0.717) is 6.04 Å². The van der Waals surface area contributed by atoms with E-state index in [0.717, 1.165) is 25.7 Å². The van der Waals surface area contributed by atoms with Crippen LogP contribution >= 0.6 is 0 Å². The summed E-state index contributed by atoms with van der Waals surface area (Å²) < 4.78 is 0. The predicted molar refractivity (Wildman–Crippen MR) is 37.8 cm³/mol. The Bertz CT molecular complexity index is 144. The molecular weight excluding hydrogens is 126 g/mol. The van der Waals surface area contributed by atoms with Gasteiger partial charge in [-0.3, -0.25) is 0 Å². The highest BCUT2D eigenvalue weighted by atomic mass is 16.5. The van der Waals surface area contributed by atoms with Crippen molar-refractivity contribution in [3.8, 4) is 0 Å². The summed E-state index contributed by atoms with van der Waals surface area (Å²) in [4.78, 5) is 0. The summed E-state index contributed by atoms with van der Waals surface area (Å²) in [5.74, 6) is 0. The lowest BCUT2D eigenvalue weighted by atomic mass is 9.92. The summed E-state index contributed by atoms with van der Waals surface area (Å²) in [6, 6.07) is 0.374. The number of hydrogen-bond donors (Lipinski definition) is 0. The van der Waals surface area contributed by atoms with E-state index < -0.39 is 0 Å². The fourth-order valence-corrected chi connectivity index (χ4v) is 2.36.